The van der Waals surface area contributed by atoms with Gasteiger partial charge < -0.3 is 5.32 Å². The van der Waals surface area contributed by atoms with Crippen LogP contribution in [0.15, 0.2) is 6.20 Å². The minimum atomic E-state index is -0.0243. The van der Waals surface area contributed by atoms with E-state index in [1.54, 1.807) is 6.20 Å². The molecule has 1 aromatic rings. The van der Waals surface area contributed by atoms with E-state index >= 15 is 0 Å². The zero-order valence-electron chi connectivity index (χ0n) is 8.21. The molecule has 1 amide bonds. The number of nitrogens with zero attached hydrogens (tertiary/aromatic N) is 1. The highest BCUT2D eigenvalue weighted by atomic mass is 79.9. The number of aryl methyl sites for hydroxylation is 1. The van der Waals surface area contributed by atoms with Crippen molar-refractivity contribution in [3.8, 4) is 0 Å². The molecule has 1 aromatic heterocycles. The molecule has 0 saturated carbocycles. The van der Waals surface area contributed by atoms with Crippen molar-refractivity contribution >= 4 is 33.2 Å². The molecule has 1 heterocycles. The van der Waals surface area contributed by atoms with E-state index in [9.17, 15) is 4.79 Å². The quantitative estimate of drug-likeness (QED) is 0.858. The third-order valence-electron chi connectivity index (χ3n) is 1.67. The molecule has 1 rings (SSSR count). The van der Waals surface area contributed by atoms with E-state index in [0.29, 0.717) is 16.2 Å². The van der Waals surface area contributed by atoms with Crippen molar-refractivity contribution in [3.05, 3.63) is 16.1 Å². The lowest BCUT2D eigenvalue weighted by Crippen LogP contribution is -2.24. The number of aromatic nitrogens is 1. The first kappa shape index (κ1) is 11.7. The molecule has 0 radical (unpaired) electrons. The number of hydrogen-bond acceptors (Lipinski definition) is 3. The van der Waals surface area contributed by atoms with Crippen molar-refractivity contribution in [1.29, 1.82) is 0 Å². The molecule has 1 unspecified atom stereocenters. The first-order valence-electron chi connectivity index (χ1n) is 4.44. The van der Waals surface area contributed by atoms with Crippen LogP contribution in [0.3, 0.4) is 0 Å². The molecule has 0 aliphatic heterocycles. The number of thiazole rings is 1. The van der Waals surface area contributed by atoms with Gasteiger partial charge in [-0.1, -0.05) is 22.9 Å². The first-order chi connectivity index (χ1) is 6.59. The molecule has 0 aliphatic carbocycles. The zero-order valence-corrected chi connectivity index (χ0v) is 10.6. The van der Waals surface area contributed by atoms with Crippen molar-refractivity contribution in [2.24, 2.45) is 0 Å². The smallest absolute Gasteiger partial charge is 0.263 e. The SMILES string of the molecule is Cc1ncc(C(=O)NCCC(C)Br)s1. The fourth-order valence-corrected chi connectivity index (χ4v) is 1.86. The van der Waals surface area contributed by atoms with Crippen LogP contribution in [0, 0.1) is 6.92 Å². The molecule has 3 nitrogen and oxygen atoms in total. The van der Waals surface area contributed by atoms with Gasteiger partial charge in [0.25, 0.3) is 5.91 Å². The normalized spacial score (nSPS) is 12.5. The Morgan fingerprint density at radius 2 is 2.50 bits per heavy atom. The number of alkyl halides is 1. The Morgan fingerprint density at radius 1 is 1.79 bits per heavy atom. The van der Waals surface area contributed by atoms with Crippen LogP contribution in [0.5, 0.6) is 0 Å². The van der Waals surface area contributed by atoms with E-state index in [1.807, 2.05) is 6.92 Å². The van der Waals surface area contributed by atoms with Gasteiger partial charge in [-0.25, -0.2) is 4.98 Å². The van der Waals surface area contributed by atoms with Crippen molar-refractivity contribution in [1.82, 2.24) is 10.3 Å². The lowest BCUT2D eigenvalue weighted by Gasteiger charge is -2.04. The number of hydrogen-bond donors (Lipinski definition) is 1. The lowest BCUT2D eigenvalue weighted by atomic mass is 10.3. The second-order valence-electron chi connectivity index (χ2n) is 3.07. The summed E-state index contributed by atoms with van der Waals surface area (Å²) in [6, 6.07) is 0. The second kappa shape index (κ2) is 5.46. The minimum absolute atomic E-state index is 0.0243. The summed E-state index contributed by atoms with van der Waals surface area (Å²) in [4.78, 5) is 16.6. The van der Waals surface area contributed by atoms with Crippen LogP contribution in [-0.2, 0) is 0 Å². The number of carbonyl (C=O) groups excluding carboxylic acids is 1. The van der Waals surface area contributed by atoms with Crippen LogP contribution < -0.4 is 5.32 Å². The van der Waals surface area contributed by atoms with Gasteiger partial charge >= 0.3 is 0 Å². The van der Waals surface area contributed by atoms with Crippen LogP contribution in [-0.4, -0.2) is 22.3 Å². The van der Waals surface area contributed by atoms with E-state index in [4.69, 9.17) is 0 Å². The molecule has 5 heteroatoms. The Kier molecular flexibility index (Phi) is 4.54. The number of rotatable bonds is 4. The molecule has 0 aromatic carbocycles. The molecule has 0 aliphatic rings. The Morgan fingerprint density at radius 3 is 3.00 bits per heavy atom. The van der Waals surface area contributed by atoms with Crippen molar-refractivity contribution < 1.29 is 4.79 Å². The van der Waals surface area contributed by atoms with E-state index in [-0.39, 0.29) is 5.91 Å². The van der Waals surface area contributed by atoms with Gasteiger partial charge in [-0.05, 0) is 13.3 Å². The van der Waals surface area contributed by atoms with Crippen LogP contribution >= 0.6 is 27.3 Å². The van der Waals surface area contributed by atoms with E-state index < -0.39 is 0 Å². The van der Waals surface area contributed by atoms with E-state index in [0.717, 1.165) is 11.4 Å². The molecule has 0 bridgehead atoms. The summed E-state index contributed by atoms with van der Waals surface area (Å²) in [5, 5.41) is 3.77. The molecule has 1 atom stereocenters. The van der Waals surface area contributed by atoms with Crippen molar-refractivity contribution in [3.63, 3.8) is 0 Å². The predicted octanol–water partition coefficient (Wildman–Crippen LogP) is 2.35. The van der Waals surface area contributed by atoms with Crippen molar-refractivity contribution in [2.75, 3.05) is 6.54 Å². The van der Waals surface area contributed by atoms with Gasteiger partial charge in [0.15, 0.2) is 0 Å². The molecular weight excluding hydrogens is 264 g/mol. The van der Waals surface area contributed by atoms with Crippen LogP contribution in [0.2, 0.25) is 0 Å². The van der Waals surface area contributed by atoms with E-state index in [2.05, 4.69) is 33.2 Å². The summed E-state index contributed by atoms with van der Waals surface area (Å²) >= 11 is 4.84. The standard InChI is InChI=1S/C9H13BrN2OS/c1-6(10)3-4-11-9(13)8-5-12-7(2)14-8/h5-6H,3-4H2,1-2H3,(H,11,13). The summed E-state index contributed by atoms with van der Waals surface area (Å²) in [6.45, 7) is 4.65. The van der Waals surface area contributed by atoms with Crippen LogP contribution in [0.4, 0.5) is 0 Å². The Hall–Kier alpha value is -0.420. The Balaban J connectivity index is 2.36. The Bertz CT molecular complexity index is 312. The maximum Gasteiger partial charge on any atom is 0.263 e. The monoisotopic (exact) mass is 276 g/mol. The van der Waals surface area contributed by atoms with Crippen molar-refractivity contribution in [2.45, 2.75) is 25.1 Å². The number of nitrogens with one attached hydrogen (secondary N) is 1. The molecule has 78 valence electrons. The third kappa shape index (κ3) is 3.75. The maximum absolute atomic E-state index is 11.5. The summed E-state index contributed by atoms with van der Waals surface area (Å²) in [5.74, 6) is -0.0243. The average molecular weight is 277 g/mol. The average Bonchev–Trinajstić information content (AvgIpc) is 2.51. The zero-order chi connectivity index (χ0) is 10.6. The van der Waals surface area contributed by atoms with E-state index in [1.165, 1.54) is 11.3 Å². The molecule has 14 heavy (non-hydrogen) atoms. The van der Waals surface area contributed by atoms with Gasteiger partial charge in [-0.2, -0.15) is 0 Å². The molecule has 0 fully saturated rings. The van der Waals surface area contributed by atoms with Gasteiger partial charge in [0.1, 0.15) is 4.88 Å². The Labute approximate surface area is 96.1 Å². The lowest BCUT2D eigenvalue weighted by molar-refractivity contribution is 0.0957. The topological polar surface area (TPSA) is 42.0 Å². The van der Waals surface area contributed by atoms with Crippen LogP contribution in [0.25, 0.3) is 0 Å². The van der Waals surface area contributed by atoms with Gasteiger partial charge in [-0.3, -0.25) is 4.79 Å². The molecule has 0 saturated heterocycles. The number of amides is 1. The number of carbonyl (C=O) groups is 1. The highest BCUT2D eigenvalue weighted by molar-refractivity contribution is 9.09. The third-order valence-corrected chi connectivity index (χ3v) is 3.04. The second-order valence-corrected chi connectivity index (χ2v) is 5.87. The van der Waals surface area contributed by atoms with Gasteiger partial charge in [-0.15, -0.1) is 11.3 Å². The fraction of sp³-hybridized carbons (Fsp3) is 0.556. The summed E-state index contributed by atoms with van der Waals surface area (Å²) in [6.07, 6.45) is 2.55. The highest BCUT2D eigenvalue weighted by Gasteiger charge is 2.08. The first-order valence-corrected chi connectivity index (χ1v) is 6.17. The van der Waals surface area contributed by atoms with Gasteiger partial charge in [0, 0.05) is 11.4 Å². The highest BCUT2D eigenvalue weighted by Crippen LogP contribution is 2.11. The fourth-order valence-electron chi connectivity index (χ4n) is 0.938. The molecule has 0 spiro atoms. The minimum Gasteiger partial charge on any atom is -0.351 e. The maximum atomic E-state index is 11.5. The number of halogens is 1. The van der Waals surface area contributed by atoms with Gasteiger partial charge in [0.2, 0.25) is 0 Å². The van der Waals surface area contributed by atoms with Crippen LogP contribution in [0.1, 0.15) is 28.0 Å². The molecule has 1 N–H and O–H groups in total. The predicted molar refractivity (Wildman–Crippen MR) is 62.2 cm³/mol. The summed E-state index contributed by atoms with van der Waals surface area (Å²) < 4.78 is 0. The van der Waals surface area contributed by atoms with Gasteiger partial charge in [0.05, 0.1) is 11.2 Å². The summed E-state index contributed by atoms with van der Waals surface area (Å²) in [5.41, 5.74) is 0. The summed E-state index contributed by atoms with van der Waals surface area (Å²) in [7, 11) is 0. The largest absolute Gasteiger partial charge is 0.351 e. The molecular formula is C9H13BrN2OS.